The molecular formula is C9H11F3. The van der Waals surface area contributed by atoms with Crippen molar-refractivity contribution in [1.82, 2.24) is 0 Å². The van der Waals surface area contributed by atoms with Crippen LogP contribution in [0.4, 0.5) is 13.2 Å². The van der Waals surface area contributed by atoms with Crippen LogP contribution in [0.1, 0.15) is 20.3 Å². The molecular weight excluding hydrogens is 165 g/mol. The molecule has 0 unspecified atom stereocenters. The molecule has 0 saturated carbocycles. The van der Waals surface area contributed by atoms with Gasteiger partial charge in [-0.2, -0.15) is 0 Å². The summed E-state index contributed by atoms with van der Waals surface area (Å²) in [6, 6.07) is 0. The quantitative estimate of drug-likeness (QED) is 0.450. The van der Waals surface area contributed by atoms with Crippen LogP contribution in [-0.4, -0.2) is 0 Å². The van der Waals surface area contributed by atoms with E-state index in [9.17, 15) is 13.2 Å². The van der Waals surface area contributed by atoms with Crippen LogP contribution < -0.4 is 0 Å². The van der Waals surface area contributed by atoms with Crippen LogP contribution in [0, 0.1) is 0 Å². The Balaban J connectivity index is 4.28. The molecule has 0 aromatic heterocycles. The minimum absolute atomic E-state index is 0.267. The zero-order valence-corrected chi connectivity index (χ0v) is 7.07. The summed E-state index contributed by atoms with van der Waals surface area (Å²) in [7, 11) is 0. The summed E-state index contributed by atoms with van der Waals surface area (Å²) < 4.78 is 37.0. The predicted molar refractivity (Wildman–Crippen MR) is 43.5 cm³/mol. The maximum Gasteiger partial charge on any atom is 0.189 e. The number of allylic oxidation sites excluding steroid dienone is 6. The van der Waals surface area contributed by atoms with Crippen LogP contribution in [0.2, 0.25) is 0 Å². The standard InChI is InChI=1S/C9H11F3/c1-3-4-5-6-8(11)9(12)7(2)10/h3-4,6H,5H2,1-2H3/b4-3-,8-6+,9-7-. The molecule has 0 nitrogen and oxygen atoms in total. The van der Waals surface area contributed by atoms with Crippen molar-refractivity contribution in [3.05, 3.63) is 35.7 Å². The Morgan fingerprint density at radius 1 is 1.25 bits per heavy atom. The first-order valence-electron chi connectivity index (χ1n) is 3.58. The summed E-state index contributed by atoms with van der Waals surface area (Å²) in [5.41, 5.74) is 0. The highest BCUT2D eigenvalue weighted by Crippen LogP contribution is 2.18. The Bertz CT molecular complexity index is 220. The van der Waals surface area contributed by atoms with Crippen molar-refractivity contribution in [3.63, 3.8) is 0 Å². The molecule has 68 valence electrons. The Labute approximate surface area is 70.1 Å². The molecule has 0 aliphatic heterocycles. The monoisotopic (exact) mass is 176 g/mol. The molecule has 0 saturated heterocycles. The van der Waals surface area contributed by atoms with E-state index in [2.05, 4.69) is 0 Å². The van der Waals surface area contributed by atoms with Crippen LogP contribution in [0.3, 0.4) is 0 Å². The van der Waals surface area contributed by atoms with Gasteiger partial charge in [-0.25, -0.2) is 13.2 Å². The van der Waals surface area contributed by atoms with E-state index in [1.165, 1.54) is 0 Å². The highest BCUT2D eigenvalue weighted by Gasteiger charge is 2.05. The number of halogens is 3. The minimum atomic E-state index is -1.42. The van der Waals surface area contributed by atoms with Crippen molar-refractivity contribution in [2.24, 2.45) is 0 Å². The summed E-state index contributed by atoms with van der Waals surface area (Å²) >= 11 is 0. The fraction of sp³-hybridized carbons (Fsp3) is 0.333. The van der Waals surface area contributed by atoms with Gasteiger partial charge in [0, 0.05) is 0 Å². The first-order valence-corrected chi connectivity index (χ1v) is 3.58. The largest absolute Gasteiger partial charge is 0.209 e. The third kappa shape index (κ3) is 4.01. The lowest BCUT2D eigenvalue weighted by molar-refractivity contribution is 0.493. The second kappa shape index (κ2) is 5.63. The normalized spacial score (nSPS) is 15.2. The molecule has 0 radical (unpaired) electrons. The second-order valence-corrected chi connectivity index (χ2v) is 2.20. The maximum absolute atomic E-state index is 12.5. The molecule has 0 fully saturated rings. The summed E-state index contributed by atoms with van der Waals surface area (Å²) in [5.74, 6) is -3.70. The fourth-order valence-corrected chi connectivity index (χ4v) is 0.562. The molecule has 0 spiro atoms. The lowest BCUT2D eigenvalue weighted by atomic mass is 10.3. The van der Waals surface area contributed by atoms with Crippen molar-refractivity contribution in [3.8, 4) is 0 Å². The van der Waals surface area contributed by atoms with Crippen molar-refractivity contribution in [2.45, 2.75) is 20.3 Å². The Morgan fingerprint density at radius 3 is 2.25 bits per heavy atom. The third-order valence-electron chi connectivity index (χ3n) is 1.18. The highest BCUT2D eigenvalue weighted by atomic mass is 19.2. The first kappa shape index (κ1) is 11.0. The molecule has 0 heterocycles. The topological polar surface area (TPSA) is 0 Å². The van der Waals surface area contributed by atoms with Crippen LogP contribution in [0.25, 0.3) is 0 Å². The predicted octanol–water partition coefficient (Wildman–Crippen LogP) is 3.98. The zero-order valence-electron chi connectivity index (χ0n) is 7.07. The zero-order chi connectivity index (χ0) is 9.56. The van der Waals surface area contributed by atoms with Gasteiger partial charge in [0.05, 0.1) is 0 Å². The van der Waals surface area contributed by atoms with Crippen molar-refractivity contribution in [2.75, 3.05) is 0 Å². The fourth-order valence-electron chi connectivity index (χ4n) is 0.562. The number of rotatable bonds is 3. The van der Waals surface area contributed by atoms with Crippen LogP contribution >= 0.6 is 0 Å². The molecule has 12 heavy (non-hydrogen) atoms. The van der Waals surface area contributed by atoms with Gasteiger partial charge in [0.25, 0.3) is 0 Å². The molecule has 0 aliphatic carbocycles. The van der Waals surface area contributed by atoms with E-state index in [0.717, 1.165) is 13.0 Å². The maximum atomic E-state index is 12.5. The molecule has 3 heteroatoms. The molecule has 0 aromatic carbocycles. The molecule has 0 aromatic rings. The van der Waals surface area contributed by atoms with Crippen molar-refractivity contribution in [1.29, 1.82) is 0 Å². The van der Waals surface area contributed by atoms with E-state index in [0.29, 0.717) is 0 Å². The lowest BCUT2D eigenvalue weighted by Crippen LogP contribution is -1.78. The van der Waals surface area contributed by atoms with E-state index in [4.69, 9.17) is 0 Å². The average Bonchev–Trinajstić information content (AvgIpc) is 2.03. The van der Waals surface area contributed by atoms with Gasteiger partial charge in [-0.05, 0) is 26.3 Å². The summed E-state index contributed by atoms with van der Waals surface area (Å²) in [4.78, 5) is 0. The number of hydrogen-bond acceptors (Lipinski definition) is 0. The SMILES string of the molecule is C/C=C\C/C=C(F)\C(F)=C(/C)F. The average molecular weight is 176 g/mol. The Hall–Kier alpha value is -0.990. The van der Waals surface area contributed by atoms with Gasteiger partial charge in [0.15, 0.2) is 11.7 Å². The molecule has 0 N–H and O–H groups in total. The molecule has 0 rings (SSSR count). The van der Waals surface area contributed by atoms with E-state index < -0.39 is 17.5 Å². The van der Waals surface area contributed by atoms with Crippen LogP contribution in [0.15, 0.2) is 35.7 Å². The lowest BCUT2D eigenvalue weighted by Gasteiger charge is -1.91. The minimum Gasteiger partial charge on any atom is -0.209 e. The van der Waals surface area contributed by atoms with E-state index in [1.807, 2.05) is 0 Å². The van der Waals surface area contributed by atoms with Crippen LogP contribution in [-0.2, 0) is 0 Å². The van der Waals surface area contributed by atoms with E-state index in [1.54, 1.807) is 19.1 Å². The highest BCUT2D eigenvalue weighted by molar-refractivity contribution is 5.21. The third-order valence-corrected chi connectivity index (χ3v) is 1.18. The van der Waals surface area contributed by atoms with Gasteiger partial charge in [0.2, 0.25) is 0 Å². The van der Waals surface area contributed by atoms with Gasteiger partial charge in [0.1, 0.15) is 5.83 Å². The summed E-state index contributed by atoms with van der Waals surface area (Å²) in [6.45, 7) is 2.64. The van der Waals surface area contributed by atoms with E-state index in [-0.39, 0.29) is 6.42 Å². The first-order chi connectivity index (χ1) is 5.59. The van der Waals surface area contributed by atoms with Gasteiger partial charge in [-0.1, -0.05) is 12.2 Å². The van der Waals surface area contributed by atoms with Crippen LogP contribution in [0.5, 0.6) is 0 Å². The van der Waals surface area contributed by atoms with Crippen molar-refractivity contribution < 1.29 is 13.2 Å². The molecule has 0 amide bonds. The van der Waals surface area contributed by atoms with Gasteiger partial charge < -0.3 is 0 Å². The molecule has 0 aliphatic rings. The Morgan fingerprint density at radius 2 is 1.83 bits per heavy atom. The molecule has 0 atom stereocenters. The van der Waals surface area contributed by atoms with Gasteiger partial charge in [-0.3, -0.25) is 0 Å². The summed E-state index contributed by atoms with van der Waals surface area (Å²) in [6.07, 6.45) is 4.59. The summed E-state index contributed by atoms with van der Waals surface area (Å²) in [5, 5.41) is 0. The smallest absolute Gasteiger partial charge is 0.189 e. The van der Waals surface area contributed by atoms with E-state index >= 15 is 0 Å². The van der Waals surface area contributed by atoms with Crippen molar-refractivity contribution >= 4 is 0 Å². The van der Waals surface area contributed by atoms with Gasteiger partial charge in [-0.15, -0.1) is 0 Å². The molecule has 0 bridgehead atoms. The second-order valence-electron chi connectivity index (χ2n) is 2.20. The number of hydrogen-bond donors (Lipinski definition) is 0. The van der Waals surface area contributed by atoms with Gasteiger partial charge >= 0.3 is 0 Å². The Kier molecular flexibility index (Phi) is 5.17.